The molecule has 1 aliphatic carbocycles. The molecule has 1 saturated carbocycles. The quantitative estimate of drug-likeness (QED) is 0.847. The lowest BCUT2D eigenvalue weighted by Gasteiger charge is -2.48. The van der Waals surface area contributed by atoms with Gasteiger partial charge in [0.2, 0.25) is 5.91 Å². The second kappa shape index (κ2) is 7.10. The van der Waals surface area contributed by atoms with Gasteiger partial charge in [0.25, 0.3) is 0 Å². The van der Waals surface area contributed by atoms with E-state index >= 15 is 0 Å². The molecule has 23 heavy (non-hydrogen) atoms. The van der Waals surface area contributed by atoms with Gasteiger partial charge in [-0.25, -0.2) is 4.79 Å². The molecule has 0 aromatic heterocycles. The molecular weight excluding hydrogens is 292 g/mol. The smallest absolute Gasteiger partial charge is 0.408 e. The number of alkyl carbamates (subject to hydrolysis) is 1. The molecule has 2 aliphatic rings. The van der Waals surface area contributed by atoms with Crippen molar-refractivity contribution in [3.63, 3.8) is 0 Å². The molecule has 0 radical (unpaired) electrons. The number of ether oxygens (including phenoxy) is 1. The van der Waals surface area contributed by atoms with Crippen LogP contribution >= 0.6 is 0 Å². The molecule has 5 heteroatoms. The molecule has 2 fully saturated rings. The van der Waals surface area contributed by atoms with Crippen LogP contribution in [0, 0.1) is 11.8 Å². The van der Waals surface area contributed by atoms with Crippen LogP contribution in [0.5, 0.6) is 0 Å². The van der Waals surface area contributed by atoms with Gasteiger partial charge in [-0.05, 0) is 58.8 Å². The Morgan fingerprint density at radius 3 is 2.48 bits per heavy atom. The number of hydrogen-bond acceptors (Lipinski definition) is 3. The fraction of sp³-hybridized carbons (Fsp3) is 0.889. The van der Waals surface area contributed by atoms with Crippen LogP contribution in [0.2, 0.25) is 0 Å². The van der Waals surface area contributed by atoms with E-state index in [4.69, 9.17) is 4.74 Å². The largest absolute Gasteiger partial charge is 0.444 e. The van der Waals surface area contributed by atoms with E-state index in [0.717, 1.165) is 19.4 Å². The Balaban J connectivity index is 1.97. The zero-order valence-electron chi connectivity index (χ0n) is 15.2. The SMILES string of the molecule is C[C@@H]1CCN(C(=O)[C@@H](C)NC(=O)OC(C)(C)C)[C@@H]2CCCC[C@@H]12. The first kappa shape index (κ1) is 18.1. The van der Waals surface area contributed by atoms with E-state index in [2.05, 4.69) is 12.2 Å². The predicted molar refractivity (Wildman–Crippen MR) is 90.1 cm³/mol. The van der Waals surface area contributed by atoms with Gasteiger partial charge in [0, 0.05) is 12.6 Å². The lowest BCUT2D eigenvalue weighted by Crippen LogP contribution is -2.57. The maximum absolute atomic E-state index is 12.8. The zero-order valence-corrected chi connectivity index (χ0v) is 15.2. The highest BCUT2D eigenvalue weighted by molar-refractivity contribution is 5.85. The van der Waals surface area contributed by atoms with Gasteiger partial charge in [-0.3, -0.25) is 4.79 Å². The first-order valence-electron chi connectivity index (χ1n) is 8.99. The van der Waals surface area contributed by atoms with Crippen molar-refractivity contribution in [3.8, 4) is 0 Å². The third-order valence-corrected chi connectivity index (χ3v) is 5.12. The van der Waals surface area contributed by atoms with Crippen LogP contribution in [0.1, 0.15) is 66.7 Å². The fourth-order valence-corrected chi connectivity index (χ4v) is 3.98. The summed E-state index contributed by atoms with van der Waals surface area (Å²) in [6, 6.07) is -0.191. The van der Waals surface area contributed by atoms with Gasteiger partial charge in [0.15, 0.2) is 0 Å². The van der Waals surface area contributed by atoms with Crippen LogP contribution in [-0.2, 0) is 9.53 Å². The van der Waals surface area contributed by atoms with Crippen molar-refractivity contribution in [2.45, 2.75) is 84.4 Å². The van der Waals surface area contributed by atoms with Crippen molar-refractivity contribution in [1.29, 1.82) is 0 Å². The molecule has 1 saturated heterocycles. The fourth-order valence-electron chi connectivity index (χ4n) is 3.98. The summed E-state index contributed by atoms with van der Waals surface area (Å²) in [6.45, 7) is 10.3. The van der Waals surface area contributed by atoms with E-state index < -0.39 is 17.7 Å². The van der Waals surface area contributed by atoms with Crippen LogP contribution in [0.15, 0.2) is 0 Å². The van der Waals surface area contributed by atoms with Gasteiger partial charge in [-0.1, -0.05) is 19.8 Å². The van der Waals surface area contributed by atoms with E-state index in [1.165, 1.54) is 19.3 Å². The Bertz CT molecular complexity index is 444. The summed E-state index contributed by atoms with van der Waals surface area (Å²) >= 11 is 0. The highest BCUT2D eigenvalue weighted by Gasteiger charge is 2.40. The molecule has 0 spiro atoms. The number of nitrogens with one attached hydrogen (secondary N) is 1. The Kier molecular flexibility index (Phi) is 5.58. The summed E-state index contributed by atoms with van der Waals surface area (Å²) in [5, 5.41) is 2.69. The second-order valence-corrected chi connectivity index (χ2v) is 8.18. The average molecular weight is 324 g/mol. The minimum Gasteiger partial charge on any atom is -0.444 e. The molecular formula is C18H32N2O3. The molecule has 1 heterocycles. The van der Waals surface area contributed by atoms with Crippen molar-refractivity contribution in [3.05, 3.63) is 0 Å². The average Bonchev–Trinajstić information content (AvgIpc) is 2.45. The van der Waals surface area contributed by atoms with Crippen molar-refractivity contribution >= 4 is 12.0 Å². The maximum atomic E-state index is 12.8. The topological polar surface area (TPSA) is 58.6 Å². The molecule has 4 atom stereocenters. The number of carbonyl (C=O) groups is 2. The van der Waals surface area contributed by atoms with Crippen molar-refractivity contribution in [2.75, 3.05) is 6.54 Å². The summed E-state index contributed by atoms with van der Waals surface area (Å²) in [5.74, 6) is 1.34. The van der Waals surface area contributed by atoms with Crippen molar-refractivity contribution < 1.29 is 14.3 Å². The molecule has 0 bridgehead atoms. The lowest BCUT2D eigenvalue weighted by molar-refractivity contribution is -0.140. The maximum Gasteiger partial charge on any atom is 0.408 e. The Morgan fingerprint density at radius 2 is 1.83 bits per heavy atom. The zero-order chi connectivity index (χ0) is 17.2. The summed E-state index contributed by atoms with van der Waals surface area (Å²) in [5.41, 5.74) is -0.554. The molecule has 2 rings (SSSR count). The predicted octanol–water partition coefficient (Wildman–Crippen LogP) is 3.33. The summed E-state index contributed by atoms with van der Waals surface area (Å²) in [4.78, 5) is 26.7. The van der Waals surface area contributed by atoms with Gasteiger partial charge in [-0.15, -0.1) is 0 Å². The number of rotatable bonds is 2. The standard InChI is InChI=1S/C18H32N2O3/c1-12-10-11-20(15-9-7-6-8-14(12)15)16(21)13(2)19-17(22)23-18(3,4)5/h12-15H,6-11H2,1-5H3,(H,19,22)/t12-,13-,14+,15-/m1/s1. The molecule has 132 valence electrons. The number of amides is 2. The number of piperidine rings is 1. The summed E-state index contributed by atoms with van der Waals surface area (Å²) in [7, 11) is 0. The first-order valence-corrected chi connectivity index (χ1v) is 8.99. The Morgan fingerprint density at radius 1 is 1.17 bits per heavy atom. The molecule has 0 unspecified atom stereocenters. The normalized spacial score (nSPS) is 29.4. The van der Waals surface area contributed by atoms with Gasteiger partial charge in [0.1, 0.15) is 11.6 Å². The molecule has 1 aliphatic heterocycles. The summed E-state index contributed by atoms with van der Waals surface area (Å²) < 4.78 is 5.25. The third kappa shape index (κ3) is 4.61. The van der Waals surface area contributed by atoms with Crippen LogP contribution < -0.4 is 5.32 Å². The molecule has 0 aromatic rings. The number of fused-ring (bicyclic) bond motifs is 1. The first-order chi connectivity index (χ1) is 10.7. The molecule has 1 N–H and O–H groups in total. The highest BCUT2D eigenvalue weighted by Crippen LogP contribution is 2.38. The van der Waals surface area contributed by atoms with E-state index in [1.807, 2.05) is 25.7 Å². The van der Waals surface area contributed by atoms with E-state index in [9.17, 15) is 9.59 Å². The minimum atomic E-state index is -0.554. The highest BCUT2D eigenvalue weighted by atomic mass is 16.6. The van der Waals surface area contributed by atoms with Gasteiger partial charge in [-0.2, -0.15) is 0 Å². The minimum absolute atomic E-state index is 0.0275. The number of carbonyl (C=O) groups excluding carboxylic acids is 2. The number of likely N-dealkylation sites (tertiary alicyclic amines) is 1. The van der Waals surface area contributed by atoms with Crippen LogP contribution in [0.4, 0.5) is 4.79 Å². The third-order valence-electron chi connectivity index (χ3n) is 5.12. The van der Waals surface area contributed by atoms with Crippen molar-refractivity contribution in [2.24, 2.45) is 11.8 Å². The van der Waals surface area contributed by atoms with Gasteiger partial charge in [0.05, 0.1) is 0 Å². The summed E-state index contributed by atoms with van der Waals surface area (Å²) in [6.07, 6.45) is 5.34. The van der Waals surface area contributed by atoms with Gasteiger partial charge >= 0.3 is 6.09 Å². The molecule has 5 nitrogen and oxygen atoms in total. The molecule has 2 amide bonds. The van der Waals surface area contributed by atoms with Crippen LogP contribution in [-0.4, -0.2) is 41.1 Å². The van der Waals surface area contributed by atoms with Crippen LogP contribution in [0.25, 0.3) is 0 Å². The van der Waals surface area contributed by atoms with Gasteiger partial charge < -0.3 is 15.0 Å². The lowest BCUT2D eigenvalue weighted by atomic mass is 9.72. The van der Waals surface area contributed by atoms with E-state index in [1.54, 1.807) is 6.92 Å². The number of hydrogen-bond donors (Lipinski definition) is 1. The number of nitrogens with zero attached hydrogens (tertiary/aromatic N) is 1. The van der Waals surface area contributed by atoms with Crippen LogP contribution in [0.3, 0.4) is 0 Å². The second-order valence-electron chi connectivity index (χ2n) is 8.18. The Labute approximate surface area is 140 Å². The molecule has 0 aromatic carbocycles. The van der Waals surface area contributed by atoms with E-state index in [-0.39, 0.29) is 5.91 Å². The van der Waals surface area contributed by atoms with E-state index in [0.29, 0.717) is 17.9 Å². The monoisotopic (exact) mass is 324 g/mol. The Hall–Kier alpha value is -1.26. The van der Waals surface area contributed by atoms with Crippen molar-refractivity contribution in [1.82, 2.24) is 10.2 Å².